The fourth-order valence-corrected chi connectivity index (χ4v) is 3.72. The molecule has 0 saturated heterocycles. The number of hydrogen-bond donors (Lipinski definition) is 4. The first-order valence-corrected chi connectivity index (χ1v) is 11.0. The molecule has 2 aromatic carbocycles. The number of H-pyrrole nitrogens is 1. The summed E-state index contributed by atoms with van der Waals surface area (Å²) in [5.74, 6) is -0.739. The Kier molecular flexibility index (Phi) is 6.93. The van der Waals surface area contributed by atoms with E-state index in [1.165, 1.54) is 6.26 Å². The number of phenols is 1. The minimum atomic E-state index is -0.905. The zero-order valence-corrected chi connectivity index (χ0v) is 18.7. The lowest BCUT2D eigenvalue weighted by Crippen LogP contribution is -2.43. The smallest absolute Gasteiger partial charge is 0.328 e. The van der Waals surface area contributed by atoms with E-state index in [-0.39, 0.29) is 30.4 Å². The van der Waals surface area contributed by atoms with Gasteiger partial charge in [-0.3, -0.25) is 4.79 Å². The van der Waals surface area contributed by atoms with Gasteiger partial charge in [0.15, 0.2) is 5.69 Å². The Morgan fingerprint density at radius 1 is 1.18 bits per heavy atom. The van der Waals surface area contributed by atoms with Crippen LogP contribution in [-0.2, 0) is 22.4 Å². The number of nitrogens with zero attached hydrogens (tertiary/aromatic N) is 1. The molecular formula is C25H26N4O5. The number of para-hydroxylation sites is 1. The Hall–Kier alpha value is -4.11. The van der Waals surface area contributed by atoms with Crippen molar-refractivity contribution < 1.29 is 23.8 Å². The van der Waals surface area contributed by atoms with Crippen LogP contribution in [-0.4, -0.2) is 39.6 Å². The molecule has 9 heteroatoms. The van der Waals surface area contributed by atoms with Gasteiger partial charge in [-0.05, 0) is 42.7 Å². The van der Waals surface area contributed by atoms with E-state index in [4.69, 9.17) is 14.9 Å². The van der Waals surface area contributed by atoms with E-state index in [9.17, 15) is 14.7 Å². The molecule has 2 unspecified atom stereocenters. The molecule has 0 radical (unpaired) electrons. The number of rotatable bonds is 9. The number of amides is 1. The fraction of sp³-hybridized carbons (Fsp3) is 0.240. The van der Waals surface area contributed by atoms with Crippen LogP contribution >= 0.6 is 0 Å². The minimum absolute atomic E-state index is 0.0179. The molecule has 0 bridgehead atoms. The zero-order valence-electron chi connectivity index (χ0n) is 18.7. The van der Waals surface area contributed by atoms with Crippen molar-refractivity contribution in [2.75, 3.05) is 6.61 Å². The predicted molar refractivity (Wildman–Crippen MR) is 125 cm³/mol. The molecule has 9 nitrogen and oxygen atoms in total. The number of nitrogens with one attached hydrogen (secondary N) is 2. The van der Waals surface area contributed by atoms with E-state index in [0.717, 1.165) is 22.0 Å². The van der Waals surface area contributed by atoms with Crippen LogP contribution in [0.5, 0.6) is 5.75 Å². The lowest BCUT2D eigenvalue weighted by Gasteiger charge is -2.16. The van der Waals surface area contributed by atoms with Gasteiger partial charge in [0.05, 0.1) is 12.6 Å². The first kappa shape index (κ1) is 23.1. The molecule has 34 heavy (non-hydrogen) atoms. The number of fused-ring (bicyclic) bond motifs is 1. The third-order valence-corrected chi connectivity index (χ3v) is 5.44. The molecule has 2 aromatic heterocycles. The summed E-state index contributed by atoms with van der Waals surface area (Å²) in [4.78, 5) is 32.8. The van der Waals surface area contributed by atoms with Crippen molar-refractivity contribution in [1.29, 1.82) is 0 Å². The first-order chi connectivity index (χ1) is 16.4. The van der Waals surface area contributed by atoms with E-state index in [1.807, 2.05) is 30.5 Å². The van der Waals surface area contributed by atoms with Gasteiger partial charge in [-0.25, -0.2) is 9.78 Å². The molecule has 5 N–H and O–H groups in total. The van der Waals surface area contributed by atoms with Crippen LogP contribution < -0.4 is 11.1 Å². The number of aromatic hydroxyl groups is 1. The molecule has 1 amide bonds. The monoisotopic (exact) mass is 462 g/mol. The number of ether oxygens (including phenoxy) is 1. The summed E-state index contributed by atoms with van der Waals surface area (Å²) in [5.41, 5.74) is 8.91. The molecule has 4 rings (SSSR count). The predicted octanol–water partition coefficient (Wildman–Crippen LogP) is 3.01. The van der Waals surface area contributed by atoms with Crippen molar-refractivity contribution in [1.82, 2.24) is 15.3 Å². The van der Waals surface area contributed by atoms with Gasteiger partial charge < -0.3 is 30.3 Å². The molecule has 0 spiro atoms. The molecule has 4 aromatic rings. The summed E-state index contributed by atoms with van der Waals surface area (Å²) in [6.45, 7) is 1.90. The van der Waals surface area contributed by atoms with Crippen LogP contribution in [0.3, 0.4) is 0 Å². The Morgan fingerprint density at radius 3 is 2.71 bits per heavy atom. The maximum absolute atomic E-state index is 12.9. The number of aromatic amines is 1. The molecule has 2 heterocycles. The number of benzene rings is 2. The van der Waals surface area contributed by atoms with E-state index < -0.39 is 24.0 Å². The Bertz CT molecular complexity index is 1280. The van der Waals surface area contributed by atoms with Crippen LogP contribution in [0.2, 0.25) is 0 Å². The molecule has 0 aliphatic carbocycles. The summed E-state index contributed by atoms with van der Waals surface area (Å²) in [5, 5.41) is 13.1. The second kappa shape index (κ2) is 10.2. The maximum atomic E-state index is 12.9. The third kappa shape index (κ3) is 5.26. The third-order valence-electron chi connectivity index (χ3n) is 5.44. The van der Waals surface area contributed by atoms with Gasteiger partial charge in [0.1, 0.15) is 18.1 Å². The molecule has 0 aliphatic heterocycles. The van der Waals surface area contributed by atoms with Crippen LogP contribution in [0.4, 0.5) is 0 Å². The number of phenolic OH excluding ortho intramolecular Hbond substituents is 1. The highest BCUT2D eigenvalue weighted by molar-refractivity contribution is 5.95. The largest absolute Gasteiger partial charge is 0.508 e. The van der Waals surface area contributed by atoms with Crippen LogP contribution in [0.1, 0.15) is 40.5 Å². The van der Waals surface area contributed by atoms with Crippen molar-refractivity contribution in [2.45, 2.75) is 31.8 Å². The van der Waals surface area contributed by atoms with E-state index in [2.05, 4.69) is 15.3 Å². The average molecular weight is 463 g/mol. The van der Waals surface area contributed by atoms with Crippen LogP contribution in [0.15, 0.2) is 65.4 Å². The summed E-state index contributed by atoms with van der Waals surface area (Å²) < 4.78 is 10.6. The fourth-order valence-electron chi connectivity index (χ4n) is 3.72. The Labute approximate surface area is 195 Å². The average Bonchev–Trinajstić information content (AvgIpc) is 3.48. The highest BCUT2D eigenvalue weighted by Crippen LogP contribution is 2.20. The Morgan fingerprint density at radius 2 is 1.94 bits per heavy atom. The molecule has 176 valence electrons. The van der Waals surface area contributed by atoms with Gasteiger partial charge in [0.2, 0.25) is 5.89 Å². The van der Waals surface area contributed by atoms with E-state index in [0.29, 0.717) is 6.42 Å². The summed E-state index contributed by atoms with van der Waals surface area (Å²) in [7, 11) is 0. The topological polar surface area (TPSA) is 143 Å². The number of hydrogen-bond acceptors (Lipinski definition) is 7. The van der Waals surface area contributed by atoms with Crippen molar-refractivity contribution in [2.24, 2.45) is 5.73 Å². The number of carbonyl (C=O) groups excluding carboxylic acids is 2. The van der Waals surface area contributed by atoms with Gasteiger partial charge in [0, 0.05) is 23.5 Å². The van der Waals surface area contributed by atoms with Crippen LogP contribution in [0, 0.1) is 0 Å². The van der Waals surface area contributed by atoms with E-state index in [1.54, 1.807) is 31.2 Å². The SMILES string of the molecule is CCOC(=O)C(Cc1c[nH]c2ccccc12)NC(=O)c1coc(C(N)Cc2ccc(O)cc2)n1. The van der Waals surface area contributed by atoms with E-state index >= 15 is 0 Å². The van der Waals surface area contributed by atoms with Gasteiger partial charge in [-0.15, -0.1) is 0 Å². The number of nitrogens with two attached hydrogens (primary N) is 1. The quantitative estimate of drug-likeness (QED) is 0.280. The van der Waals surface area contributed by atoms with Crippen molar-refractivity contribution >= 4 is 22.8 Å². The normalized spacial score (nSPS) is 12.9. The lowest BCUT2D eigenvalue weighted by molar-refractivity contribution is -0.145. The molecule has 0 aliphatic rings. The summed E-state index contributed by atoms with van der Waals surface area (Å²) in [6, 6.07) is 12.9. The molecule has 2 atom stereocenters. The number of oxazole rings is 1. The van der Waals surface area contributed by atoms with Crippen molar-refractivity contribution in [3.8, 4) is 5.75 Å². The minimum Gasteiger partial charge on any atom is -0.508 e. The number of esters is 1. The first-order valence-electron chi connectivity index (χ1n) is 11.0. The number of aromatic nitrogens is 2. The zero-order chi connectivity index (χ0) is 24.1. The van der Waals surface area contributed by atoms with Gasteiger partial charge >= 0.3 is 5.97 Å². The molecule has 0 saturated carbocycles. The van der Waals surface area contributed by atoms with Crippen LogP contribution in [0.25, 0.3) is 10.9 Å². The number of carbonyl (C=O) groups is 2. The second-order valence-electron chi connectivity index (χ2n) is 7.89. The second-order valence-corrected chi connectivity index (χ2v) is 7.89. The summed E-state index contributed by atoms with van der Waals surface area (Å²) in [6.07, 6.45) is 3.70. The van der Waals surface area contributed by atoms with Gasteiger partial charge in [-0.2, -0.15) is 0 Å². The highest BCUT2D eigenvalue weighted by atomic mass is 16.5. The maximum Gasteiger partial charge on any atom is 0.328 e. The van der Waals surface area contributed by atoms with Crippen molar-refractivity contribution in [3.05, 3.63) is 83.7 Å². The standard InChI is InChI=1S/C25H26N4O5/c1-2-33-25(32)21(12-16-13-27-20-6-4-3-5-18(16)20)28-23(31)22-14-34-24(29-22)19(26)11-15-7-9-17(30)10-8-15/h3-10,13-14,19,21,27,30H,2,11-12,26H2,1H3,(H,28,31). The van der Waals surface area contributed by atoms with Gasteiger partial charge in [0.25, 0.3) is 5.91 Å². The Balaban J connectivity index is 1.46. The van der Waals surface area contributed by atoms with Gasteiger partial charge in [-0.1, -0.05) is 30.3 Å². The van der Waals surface area contributed by atoms with Crippen molar-refractivity contribution in [3.63, 3.8) is 0 Å². The summed E-state index contributed by atoms with van der Waals surface area (Å²) >= 11 is 0. The highest BCUT2D eigenvalue weighted by Gasteiger charge is 2.26. The lowest BCUT2D eigenvalue weighted by atomic mass is 10.0. The molecular weight excluding hydrogens is 436 g/mol. The molecule has 0 fully saturated rings.